The van der Waals surface area contributed by atoms with Gasteiger partial charge in [-0.2, -0.15) is 0 Å². The molecule has 0 unspecified atom stereocenters. The molecule has 1 aliphatic heterocycles. The van der Waals surface area contributed by atoms with Crippen LogP contribution in [0.4, 0.5) is 4.79 Å². The number of pyridine rings is 1. The summed E-state index contributed by atoms with van der Waals surface area (Å²) in [6.07, 6.45) is 1.57. The monoisotopic (exact) mass is 312 g/mol. The molecule has 2 aromatic rings. The number of benzene rings is 1. The smallest absolute Gasteiger partial charge is 0.413 e. The van der Waals surface area contributed by atoms with Gasteiger partial charge in [-0.1, -0.05) is 36.4 Å². The first-order chi connectivity index (χ1) is 10.9. The average Bonchev–Trinajstić information content (AvgIpc) is 2.69. The molecular formula is C18H20N2O3. The van der Waals surface area contributed by atoms with E-state index in [0.29, 0.717) is 12.1 Å². The van der Waals surface area contributed by atoms with Crippen molar-refractivity contribution in [2.24, 2.45) is 0 Å². The van der Waals surface area contributed by atoms with Crippen LogP contribution in [0.5, 0.6) is 0 Å². The van der Waals surface area contributed by atoms with E-state index in [-0.39, 0.29) is 6.54 Å². The van der Waals surface area contributed by atoms with Crippen molar-refractivity contribution in [3.05, 3.63) is 66.0 Å². The summed E-state index contributed by atoms with van der Waals surface area (Å²) in [4.78, 5) is 17.9. The Morgan fingerprint density at radius 3 is 2.48 bits per heavy atom. The fourth-order valence-corrected chi connectivity index (χ4v) is 2.87. The third-order valence-corrected chi connectivity index (χ3v) is 4.49. The molecule has 0 bridgehead atoms. The van der Waals surface area contributed by atoms with Crippen molar-refractivity contribution in [1.29, 1.82) is 0 Å². The summed E-state index contributed by atoms with van der Waals surface area (Å²) in [5.41, 5.74) is -0.756. The van der Waals surface area contributed by atoms with Crippen LogP contribution < -0.4 is 0 Å². The molecule has 2 heterocycles. The second-order valence-electron chi connectivity index (χ2n) is 6.19. The van der Waals surface area contributed by atoms with Crippen molar-refractivity contribution >= 4 is 6.09 Å². The van der Waals surface area contributed by atoms with Gasteiger partial charge in [-0.25, -0.2) is 4.79 Å². The van der Waals surface area contributed by atoms with E-state index in [1.807, 2.05) is 48.5 Å². The van der Waals surface area contributed by atoms with Gasteiger partial charge in [0.15, 0.2) is 11.3 Å². The minimum atomic E-state index is -1.43. The SMILES string of the molecule is C[C@]1(O)N(Cc2ccccn2)C(=O)O[C@@]1(C)Cc1ccccc1. The lowest BCUT2D eigenvalue weighted by molar-refractivity contribution is -0.138. The molecule has 1 aromatic carbocycles. The second-order valence-corrected chi connectivity index (χ2v) is 6.19. The molecule has 1 saturated heterocycles. The number of aliphatic hydroxyl groups is 1. The predicted octanol–water partition coefficient (Wildman–Crippen LogP) is 2.74. The van der Waals surface area contributed by atoms with Crippen LogP contribution >= 0.6 is 0 Å². The Labute approximate surface area is 135 Å². The first kappa shape index (κ1) is 15.5. The highest BCUT2D eigenvalue weighted by atomic mass is 16.6. The molecule has 23 heavy (non-hydrogen) atoms. The molecule has 3 rings (SSSR count). The normalized spacial score (nSPS) is 27.1. The molecule has 1 fully saturated rings. The van der Waals surface area contributed by atoms with Crippen LogP contribution in [0.3, 0.4) is 0 Å². The topological polar surface area (TPSA) is 62.7 Å². The number of aromatic nitrogens is 1. The second kappa shape index (κ2) is 5.66. The highest BCUT2D eigenvalue weighted by Crippen LogP contribution is 2.40. The Balaban J connectivity index is 1.85. The molecule has 5 heteroatoms. The largest absolute Gasteiger partial charge is 0.438 e. The standard InChI is InChI=1S/C18H20N2O3/c1-17(12-14-8-4-3-5-9-14)18(2,22)20(16(21)23-17)13-15-10-6-7-11-19-15/h3-11,22H,12-13H2,1-2H3/t17-,18+/m0/s1. The number of nitrogens with zero attached hydrogens (tertiary/aromatic N) is 2. The van der Waals surface area contributed by atoms with Crippen LogP contribution in [-0.4, -0.2) is 32.4 Å². The molecule has 1 amide bonds. The molecule has 0 aliphatic carbocycles. The van der Waals surface area contributed by atoms with Gasteiger partial charge in [0.25, 0.3) is 0 Å². The van der Waals surface area contributed by atoms with E-state index in [0.717, 1.165) is 5.56 Å². The molecule has 0 spiro atoms. The van der Waals surface area contributed by atoms with E-state index in [1.54, 1.807) is 20.0 Å². The average molecular weight is 312 g/mol. The minimum Gasteiger partial charge on any atom is -0.438 e. The van der Waals surface area contributed by atoms with Gasteiger partial charge < -0.3 is 9.84 Å². The number of rotatable bonds is 4. The van der Waals surface area contributed by atoms with Crippen molar-refractivity contribution in [3.63, 3.8) is 0 Å². The van der Waals surface area contributed by atoms with Gasteiger partial charge >= 0.3 is 6.09 Å². The van der Waals surface area contributed by atoms with E-state index in [1.165, 1.54) is 4.90 Å². The van der Waals surface area contributed by atoms with Gasteiger partial charge in [-0.15, -0.1) is 0 Å². The zero-order chi connectivity index (χ0) is 16.5. The number of hydrogen-bond donors (Lipinski definition) is 1. The van der Waals surface area contributed by atoms with Crippen molar-refractivity contribution in [1.82, 2.24) is 9.88 Å². The Hall–Kier alpha value is -2.40. The van der Waals surface area contributed by atoms with Crippen LogP contribution in [0.15, 0.2) is 54.7 Å². The van der Waals surface area contributed by atoms with Crippen LogP contribution in [-0.2, 0) is 17.7 Å². The fraction of sp³-hybridized carbons (Fsp3) is 0.333. The molecule has 0 radical (unpaired) electrons. The van der Waals surface area contributed by atoms with Crippen molar-refractivity contribution in [3.8, 4) is 0 Å². The van der Waals surface area contributed by atoms with E-state index in [2.05, 4.69) is 4.98 Å². The zero-order valence-electron chi connectivity index (χ0n) is 13.3. The summed E-state index contributed by atoms with van der Waals surface area (Å²) >= 11 is 0. The van der Waals surface area contributed by atoms with Gasteiger partial charge in [0, 0.05) is 12.6 Å². The number of ether oxygens (including phenoxy) is 1. The summed E-state index contributed by atoms with van der Waals surface area (Å²) in [7, 11) is 0. The van der Waals surface area contributed by atoms with Crippen LogP contribution in [0, 0.1) is 0 Å². The summed E-state index contributed by atoms with van der Waals surface area (Å²) in [6.45, 7) is 3.58. The van der Waals surface area contributed by atoms with E-state index >= 15 is 0 Å². The van der Waals surface area contributed by atoms with Crippen LogP contribution in [0.1, 0.15) is 25.1 Å². The van der Waals surface area contributed by atoms with E-state index < -0.39 is 17.4 Å². The minimum absolute atomic E-state index is 0.205. The number of carbonyl (C=O) groups is 1. The maximum absolute atomic E-state index is 12.3. The molecule has 120 valence electrons. The van der Waals surface area contributed by atoms with Gasteiger partial charge in [0.2, 0.25) is 0 Å². The third-order valence-electron chi connectivity index (χ3n) is 4.49. The summed E-state index contributed by atoms with van der Waals surface area (Å²) in [5, 5.41) is 11.0. The summed E-state index contributed by atoms with van der Waals surface area (Å²) in [6, 6.07) is 15.2. The van der Waals surface area contributed by atoms with Gasteiger partial charge in [0.1, 0.15) is 0 Å². The highest BCUT2D eigenvalue weighted by Gasteiger charge is 2.59. The van der Waals surface area contributed by atoms with Gasteiger partial charge in [-0.3, -0.25) is 9.88 Å². The first-order valence-corrected chi connectivity index (χ1v) is 7.59. The molecule has 1 aromatic heterocycles. The zero-order valence-corrected chi connectivity index (χ0v) is 13.3. The molecule has 1 aliphatic rings. The van der Waals surface area contributed by atoms with Crippen LogP contribution in [0.25, 0.3) is 0 Å². The maximum atomic E-state index is 12.3. The van der Waals surface area contributed by atoms with Crippen LogP contribution in [0.2, 0.25) is 0 Å². The summed E-state index contributed by atoms with van der Waals surface area (Å²) < 4.78 is 5.56. The molecule has 2 atom stereocenters. The highest BCUT2D eigenvalue weighted by molar-refractivity contribution is 5.72. The molecule has 5 nitrogen and oxygen atoms in total. The predicted molar refractivity (Wildman–Crippen MR) is 85.4 cm³/mol. The third kappa shape index (κ3) is 2.80. The lowest BCUT2D eigenvalue weighted by Crippen LogP contribution is -2.55. The van der Waals surface area contributed by atoms with E-state index in [4.69, 9.17) is 4.74 Å². The Kier molecular flexibility index (Phi) is 3.82. The van der Waals surface area contributed by atoms with Crippen molar-refractivity contribution in [2.75, 3.05) is 0 Å². The van der Waals surface area contributed by atoms with Gasteiger partial charge in [-0.05, 0) is 31.5 Å². The van der Waals surface area contributed by atoms with E-state index in [9.17, 15) is 9.90 Å². The van der Waals surface area contributed by atoms with Crippen molar-refractivity contribution in [2.45, 2.75) is 38.1 Å². The molecular weight excluding hydrogens is 292 g/mol. The summed E-state index contributed by atoms with van der Waals surface area (Å²) in [5.74, 6) is 0. The number of hydrogen-bond acceptors (Lipinski definition) is 4. The molecule has 1 N–H and O–H groups in total. The number of carbonyl (C=O) groups excluding carboxylic acids is 1. The Morgan fingerprint density at radius 1 is 1.13 bits per heavy atom. The lowest BCUT2D eigenvalue weighted by atomic mass is 9.86. The maximum Gasteiger partial charge on any atom is 0.413 e. The molecule has 0 saturated carbocycles. The Morgan fingerprint density at radius 2 is 1.83 bits per heavy atom. The first-order valence-electron chi connectivity index (χ1n) is 7.59. The fourth-order valence-electron chi connectivity index (χ4n) is 2.87. The lowest BCUT2D eigenvalue weighted by Gasteiger charge is -2.37. The van der Waals surface area contributed by atoms with Crippen molar-refractivity contribution < 1.29 is 14.6 Å². The van der Waals surface area contributed by atoms with Gasteiger partial charge in [0.05, 0.1) is 12.2 Å². The Bertz CT molecular complexity index is 688. The quantitative estimate of drug-likeness (QED) is 0.943. The number of cyclic esters (lactones) is 1. The number of amides is 1.